The topological polar surface area (TPSA) is 74.2 Å². The van der Waals surface area contributed by atoms with Crippen molar-refractivity contribution in [3.63, 3.8) is 0 Å². The molecule has 6 nitrogen and oxygen atoms in total. The first-order valence-electron chi connectivity index (χ1n) is 5.84. The quantitative estimate of drug-likeness (QED) is 0.799. The molecule has 0 fully saturated rings. The van der Waals surface area contributed by atoms with Crippen molar-refractivity contribution in [3.05, 3.63) is 17.4 Å². The minimum absolute atomic E-state index is 0.0565. The monoisotopic (exact) mass is 288 g/mol. The number of carbonyl (C=O) groups excluding carboxylic acids is 1. The number of methoxy groups -OCH3 is 3. The first kappa shape index (κ1) is 16.0. The molecule has 0 saturated carbocycles. The fourth-order valence-electron chi connectivity index (χ4n) is 1.71. The second kappa shape index (κ2) is 6.95. The van der Waals surface area contributed by atoms with Crippen molar-refractivity contribution in [1.82, 2.24) is 0 Å². The van der Waals surface area contributed by atoms with Crippen LogP contribution in [-0.2, 0) is 9.53 Å². The molecule has 0 spiro atoms. The van der Waals surface area contributed by atoms with Crippen molar-refractivity contribution in [2.75, 3.05) is 27.9 Å². The second-order valence-electron chi connectivity index (χ2n) is 3.70. The Bertz CT molecular complexity index is 488. The molecule has 0 aromatic heterocycles. The van der Waals surface area contributed by atoms with Crippen molar-refractivity contribution >= 4 is 5.97 Å². The van der Waals surface area contributed by atoms with E-state index in [4.69, 9.17) is 14.2 Å². The smallest absolute Gasteiger partial charge is 0.339 e. The summed E-state index contributed by atoms with van der Waals surface area (Å²) < 4.78 is 33.8. The van der Waals surface area contributed by atoms with Crippen molar-refractivity contribution in [2.24, 2.45) is 0 Å². The Hall–Kier alpha value is -2.02. The number of aliphatic hydroxyl groups excluding tert-OH is 1. The van der Waals surface area contributed by atoms with E-state index in [1.54, 1.807) is 6.92 Å². The van der Waals surface area contributed by atoms with Gasteiger partial charge in [0.15, 0.2) is 29.2 Å². The van der Waals surface area contributed by atoms with E-state index >= 15 is 0 Å². The maximum absolute atomic E-state index is 14.3. The zero-order chi connectivity index (χ0) is 15.3. The Morgan fingerprint density at radius 2 is 1.85 bits per heavy atom. The van der Waals surface area contributed by atoms with Gasteiger partial charge in [-0.2, -0.15) is 0 Å². The summed E-state index contributed by atoms with van der Waals surface area (Å²) in [6, 6.07) is 1.26. The van der Waals surface area contributed by atoms with Gasteiger partial charge in [-0.05, 0) is 6.92 Å². The third-order valence-corrected chi connectivity index (χ3v) is 2.61. The van der Waals surface area contributed by atoms with E-state index < -0.39 is 17.9 Å². The number of carbonyl (C=O) groups is 1. The van der Waals surface area contributed by atoms with E-state index in [1.807, 2.05) is 0 Å². The van der Waals surface area contributed by atoms with E-state index in [-0.39, 0.29) is 29.4 Å². The summed E-state index contributed by atoms with van der Waals surface area (Å²) in [6.45, 7) is 1.63. The van der Waals surface area contributed by atoms with Crippen LogP contribution in [0.15, 0.2) is 6.07 Å². The Balaban J connectivity index is 3.44. The van der Waals surface area contributed by atoms with Crippen LogP contribution in [0, 0.1) is 5.82 Å². The fourth-order valence-corrected chi connectivity index (χ4v) is 1.71. The molecule has 1 rings (SSSR count). The highest BCUT2D eigenvalue weighted by Crippen LogP contribution is 2.41. The van der Waals surface area contributed by atoms with Crippen LogP contribution in [-0.4, -0.2) is 39.0 Å². The maximum atomic E-state index is 14.3. The lowest BCUT2D eigenvalue weighted by atomic mass is 10.1. The zero-order valence-corrected chi connectivity index (χ0v) is 11.7. The van der Waals surface area contributed by atoms with Gasteiger partial charge in [0.05, 0.1) is 33.5 Å². The van der Waals surface area contributed by atoms with E-state index in [0.717, 1.165) is 0 Å². The van der Waals surface area contributed by atoms with Gasteiger partial charge >= 0.3 is 5.97 Å². The summed E-state index contributed by atoms with van der Waals surface area (Å²) in [5.74, 6) is -2.04. The lowest BCUT2D eigenvalue weighted by Gasteiger charge is -2.18. The number of esters is 1. The molecule has 0 aliphatic rings. The van der Waals surface area contributed by atoms with Crippen LogP contribution in [0.3, 0.4) is 0 Å². The molecule has 0 saturated heterocycles. The lowest BCUT2D eigenvalue weighted by molar-refractivity contribution is -0.153. The maximum Gasteiger partial charge on any atom is 0.339 e. The molecule has 0 heterocycles. The van der Waals surface area contributed by atoms with E-state index in [1.165, 1.54) is 27.4 Å². The van der Waals surface area contributed by atoms with Gasteiger partial charge in [0.1, 0.15) is 0 Å². The molecule has 1 aromatic rings. The van der Waals surface area contributed by atoms with Crippen LogP contribution < -0.4 is 14.2 Å². The van der Waals surface area contributed by atoms with Crippen molar-refractivity contribution in [1.29, 1.82) is 0 Å². The highest BCUT2D eigenvalue weighted by atomic mass is 19.1. The average molecular weight is 288 g/mol. The number of benzene rings is 1. The van der Waals surface area contributed by atoms with Crippen LogP contribution in [0.25, 0.3) is 0 Å². The van der Waals surface area contributed by atoms with Crippen molar-refractivity contribution < 1.29 is 33.2 Å². The number of ether oxygens (including phenoxy) is 4. The number of hydrogen-bond donors (Lipinski definition) is 1. The van der Waals surface area contributed by atoms with Crippen LogP contribution >= 0.6 is 0 Å². The Labute approximate surface area is 116 Å². The largest absolute Gasteiger partial charge is 0.494 e. The molecule has 0 aliphatic heterocycles. The molecule has 0 amide bonds. The number of halogens is 1. The third-order valence-electron chi connectivity index (χ3n) is 2.61. The Morgan fingerprint density at radius 1 is 1.25 bits per heavy atom. The third kappa shape index (κ3) is 2.93. The predicted octanol–water partition coefficient (Wildman–Crippen LogP) is 1.45. The molecule has 7 heteroatoms. The fraction of sp³-hybridized carbons (Fsp3) is 0.462. The van der Waals surface area contributed by atoms with Crippen LogP contribution in [0.1, 0.15) is 18.6 Å². The van der Waals surface area contributed by atoms with E-state index in [0.29, 0.717) is 0 Å². The summed E-state index contributed by atoms with van der Waals surface area (Å²) in [6.07, 6.45) is -1.84. The van der Waals surface area contributed by atoms with Crippen molar-refractivity contribution in [3.8, 4) is 17.2 Å². The molecular weight excluding hydrogens is 271 g/mol. The minimum atomic E-state index is -1.84. The summed E-state index contributed by atoms with van der Waals surface area (Å²) in [7, 11) is 3.87. The Kier molecular flexibility index (Phi) is 5.57. The van der Waals surface area contributed by atoms with Gasteiger partial charge in [-0.3, -0.25) is 0 Å². The van der Waals surface area contributed by atoms with Gasteiger partial charge in [-0.1, -0.05) is 0 Å². The molecule has 1 N–H and O–H groups in total. The molecule has 1 atom stereocenters. The van der Waals surface area contributed by atoms with Gasteiger partial charge < -0.3 is 24.1 Å². The normalized spacial score (nSPS) is 11.7. The number of aliphatic hydroxyl groups is 1. The first-order chi connectivity index (χ1) is 9.51. The number of rotatable bonds is 6. The molecule has 0 bridgehead atoms. The minimum Gasteiger partial charge on any atom is -0.494 e. The average Bonchev–Trinajstić information content (AvgIpc) is 2.46. The van der Waals surface area contributed by atoms with E-state index in [2.05, 4.69) is 4.74 Å². The standard InChI is InChI=1S/C13H17FO6/c1-5-20-13(16)11(15)9-10(14)7(17-2)6-8(18-3)12(9)19-4/h6,11,15H,5H2,1-4H3. The summed E-state index contributed by atoms with van der Waals surface area (Å²) in [5, 5.41) is 9.95. The van der Waals surface area contributed by atoms with Gasteiger partial charge in [-0.15, -0.1) is 0 Å². The summed E-state index contributed by atoms with van der Waals surface area (Å²) >= 11 is 0. The van der Waals surface area contributed by atoms with Gasteiger partial charge in [0.25, 0.3) is 0 Å². The Morgan fingerprint density at radius 3 is 2.30 bits per heavy atom. The second-order valence-corrected chi connectivity index (χ2v) is 3.70. The molecular formula is C13H17FO6. The van der Waals surface area contributed by atoms with Gasteiger partial charge in [0, 0.05) is 6.07 Å². The zero-order valence-electron chi connectivity index (χ0n) is 11.7. The first-order valence-corrected chi connectivity index (χ1v) is 5.84. The highest BCUT2D eigenvalue weighted by molar-refractivity contribution is 5.78. The van der Waals surface area contributed by atoms with Crippen LogP contribution in [0.5, 0.6) is 17.2 Å². The highest BCUT2D eigenvalue weighted by Gasteiger charge is 2.31. The lowest BCUT2D eigenvalue weighted by Crippen LogP contribution is -2.18. The molecule has 1 unspecified atom stereocenters. The summed E-state index contributed by atoms with van der Waals surface area (Å²) in [4.78, 5) is 11.6. The van der Waals surface area contributed by atoms with Crippen LogP contribution in [0.2, 0.25) is 0 Å². The number of hydrogen-bond acceptors (Lipinski definition) is 6. The van der Waals surface area contributed by atoms with E-state index in [9.17, 15) is 14.3 Å². The predicted molar refractivity (Wildman–Crippen MR) is 67.6 cm³/mol. The molecule has 0 radical (unpaired) electrons. The SMILES string of the molecule is CCOC(=O)C(O)c1c(F)c(OC)cc(OC)c1OC. The van der Waals surface area contributed by atoms with Gasteiger partial charge in [-0.25, -0.2) is 9.18 Å². The summed E-state index contributed by atoms with van der Waals surface area (Å²) in [5.41, 5.74) is -0.387. The van der Waals surface area contributed by atoms with Crippen LogP contribution in [0.4, 0.5) is 4.39 Å². The molecule has 1 aromatic carbocycles. The van der Waals surface area contributed by atoms with Gasteiger partial charge in [0.2, 0.25) is 0 Å². The molecule has 0 aliphatic carbocycles. The molecule has 112 valence electrons. The van der Waals surface area contributed by atoms with Crippen molar-refractivity contribution in [2.45, 2.75) is 13.0 Å². The molecule has 20 heavy (non-hydrogen) atoms.